The van der Waals surface area contributed by atoms with Crippen LogP contribution in [0.25, 0.3) is 0 Å². The fraction of sp³-hybridized carbons (Fsp3) is 0.917. The van der Waals surface area contributed by atoms with Crippen LogP contribution in [0.15, 0.2) is 0 Å². The molecule has 0 aliphatic carbocycles. The molecule has 1 fully saturated rings. The Morgan fingerprint density at radius 1 is 1.42 bits per heavy atom. The van der Waals surface area contributed by atoms with Crippen LogP contribution in [0, 0.1) is 5.92 Å². The largest absolute Gasteiger partial charge is 0.396 e. The molecular formula is C12H21F3N2O2. The molecule has 0 aromatic carbocycles. The molecule has 0 spiro atoms. The maximum absolute atomic E-state index is 11.9. The highest BCUT2D eigenvalue weighted by Gasteiger charge is 2.27. The summed E-state index contributed by atoms with van der Waals surface area (Å²) in [6, 6.07) is 0. The third-order valence-electron chi connectivity index (χ3n) is 3.25. The third-order valence-corrected chi connectivity index (χ3v) is 3.25. The second kappa shape index (κ2) is 7.69. The monoisotopic (exact) mass is 282 g/mol. The van der Waals surface area contributed by atoms with Crippen molar-refractivity contribution in [2.45, 2.75) is 31.9 Å². The molecule has 19 heavy (non-hydrogen) atoms. The number of nitrogens with zero attached hydrogens (tertiary/aromatic N) is 1. The summed E-state index contributed by atoms with van der Waals surface area (Å²) < 4.78 is 35.7. The molecule has 1 amide bonds. The Morgan fingerprint density at radius 3 is 2.79 bits per heavy atom. The van der Waals surface area contributed by atoms with Crippen LogP contribution in [0.1, 0.15) is 25.7 Å². The van der Waals surface area contributed by atoms with E-state index >= 15 is 0 Å². The van der Waals surface area contributed by atoms with E-state index in [9.17, 15) is 18.0 Å². The Kier molecular flexibility index (Phi) is 6.57. The summed E-state index contributed by atoms with van der Waals surface area (Å²) >= 11 is 0. The maximum Gasteiger partial charge on any atom is 0.389 e. The number of carbonyl (C=O) groups is 1. The Morgan fingerprint density at radius 2 is 2.16 bits per heavy atom. The lowest BCUT2D eigenvalue weighted by atomic mass is 9.99. The Balaban J connectivity index is 2.11. The van der Waals surface area contributed by atoms with Gasteiger partial charge in [0.2, 0.25) is 5.91 Å². The lowest BCUT2D eigenvalue weighted by Crippen LogP contribution is -2.41. The molecule has 1 aliphatic rings. The molecule has 7 heteroatoms. The summed E-state index contributed by atoms with van der Waals surface area (Å²) in [7, 11) is 0. The van der Waals surface area contributed by atoms with Gasteiger partial charge in [0.05, 0.1) is 6.42 Å². The Bertz CT molecular complexity index is 285. The third kappa shape index (κ3) is 7.37. The first-order chi connectivity index (χ1) is 8.90. The van der Waals surface area contributed by atoms with Crippen LogP contribution >= 0.6 is 0 Å². The summed E-state index contributed by atoms with van der Waals surface area (Å²) in [5.74, 6) is -0.289. The van der Waals surface area contributed by atoms with Gasteiger partial charge in [-0.1, -0.05) is 0 Å². The number of likely N-dealkylation sites (tertiary alicyclic amines) is 1. The molecule has 0 saturated carbocycles. The van der Waals surface area contributed by atoms with Crippen molar-refractivity contribution in [2.75, 3.05) is 32.8 Å². The molecule has 1 rings (SSSR count). The Labute approximate surface area is 111 Å². The van der Waals surface area contributed by atoms with Gasteiger partial charge in [-0.15, -0.1) is 0 Å². The zero-order valence-electron chi connectivity index (χ0n) is 10.9. The number of piperidine rings is 1. The minimum atomic E-state index is -4.28. The smallest absolute Gasteiger partial charge is 0.389 e. The number of amides is 1. The molecule has 4 nitrogen and oxygen atoms in total. The number of nitrogens with one attached hydrogen (secondary N) is 1. The number of rotatable bonds is 6. The van der Waals surface area contributed by atoms with Gasteiger partial charge in [-0.25, -0.2) is 0 Å². The summed E-state index contributed by atoms with van der Waals surface area (Å²) in [4.78, 5) is 13.3. The van der Waals surface area contributed by atoms with Crippen molar-refractivity contribution in [2.24, 2.45) is 5.92 Å². The van der Waals surface area contributed by atoms with Crippen LogP contribution in [0.5, 0.6) is 0 Å². The molecular weight excluding hydrogens is 261 g/mol. The number of hydrogen-bond acceptors (Lipinski definition) is 3. The van der Waals surface area contributed by atoms with Crippen LogP contribution in [-0.2, 0) is 4.79 Å². The van der Waals surface area contributed by atoms with E-state index in [1.165, 1.54) is 0 Å². The standard InChI is InChI=1S/C12H21F3N2O2/c13-12(14,15)4-3-11(19)16-5-7-17-6-1-2-10(8-17)9-18/h10,18H,1-9H2,(H,16,19). The zero-order valence-corrected chi connectivity index (χ0v) is 10.9. The summed E-state index contributed by atoms with van der Waals surface area (Å²) in [6.45, 7) is 2.83. The topological polar surface area (TPSA) is 52.6 Å². The van der Waals surface area contributed by atoms with Crippen molar-refractivity contribution in [3.05, 3.63) is 0 Å². The molecule has 112 valence electrons. The van der Waals surface area contributed by atoms with Gasteiger partial charge in [0.25, 0.3) is 0 Å². The molecule has 0 aromatic heterocycles. The number of carbonyl (C=O) groups excluding carboxylic acids is 1. The minimum Gasteiger partial charge on any atom is -0.396 e. The predicted molar refractivity (Wildman–Crippen MR) is 64.5 cm³/mol. The maximum atomic E-state index is 11.9. The van der Waals surface area contributed by atoms with Gasteiger partial charge in [0, 0.05) is 32.7 Å². The molecule has 2 N–H and O–H groups in total. The van der Waals surface area contributed by atoms with Crippen LogP contribution in [0.2, 0.25) is 0 Å². The van der Waals surface area contributed by atoms with E-state index in [0.29, 0.717) is 13.1 Å². The van der Waals surface area contributed by atoms with E-state index in [2.05, 4.69) is 10.2 Å². The second-order valence-electron chi connectivity index (χ2n) is 4.96. The number of halogens is 3. The summed E-state index contributed by atoms with van der Waals surface area (Å²) in [5.41, 5.74) is 0. The molecule has 1 unspecified atom stereocenters. The van der Waals surface area contributed by atoms with Crippen LogP contribution < -0.4 is 5.32 Å². The van der Waals surface area contributed by atoms with Gasteiger partial charge in [-0.3, -0.25) is 4.79 Å². The SMILES string of the molecule is O=C(CCC(F)(F)F)NCCN1CCCC(CO)C1. The molecule has 1 aliphatic heterocycles. The predicted octanol–water partition coefficient (Wildman–Crippen LogP) is 1.15. The lowest BCUT2D eigenvalue weighted by Gasteiger charge is -2.31. The quantitative estimate of drug-likeness (QED) is 0.768. The van der Waals surface area contributed by atoms with Gasteiger partial charge in [0.15, 0.2) is 0 Å². The fourth-order valence-corrected chi connectivity index (χ4v) is 2.20. The average Bonchev–Trinajstić information content (AvgIpc) is 2.36. The number of aliphatic hydroxyl groups is 1. The van der Waals surface area contributed by atoms with Crippen LogP contribution in [0.3, 0.4) is 0 Å². The fourth-order valence-electron chi connectivity index (χ4n) is 2.20. The highest BCUT2D eigenvalue weighted by Crippen LogP contribution is 2.21. The number of alkyl halides is 3. The van der Waals surface area contributed by atoms with E-state index in [1.54, 1.807) is 0 Å². The molecule has 1 heterocycles. The second-order valence-corrected chi connectivity index (χ2v) is 4.96. The van der Waals surface area contributed by atoms with Gasteiger partial charge in [0.1, 0.15) is 0 Å². The van der Waals surface area contributed by atoms with Gasteiger partial charge in [-0.05, 0) is 25.3 Å². The van der Waals surface area contributed by atoms with Crippen LogP contribution in [0.4, 0.5) is 13.2 Å². The average molecular weight is 282 g/mol. The summed E-state index contributed by atoms with van der Waals surface area (Å²) in [6.07, 6.45) is -3.85. The molecule has 1 saturated heterocycles. The molecule has 1 atom stereocenters. The van der Waals surface area contributed by atoms with Crippen molar-refractivity contribution < 1.29 is 23.1 Å². The first kappa shape index (κ1) is 16.2. The van der Waals surface area contributed by atoms with Gasteiger partial charge >= 0.3 is 6.18 Å². The van der Waals surface area contributed by atoms with E-state index in [-0.39, 0.29) is 12.5 Å². The van der Waals surface area contributed by atoms with Crippen LogP contribution in [-0.4, -0.2) is 54.9 Å². The van der Waals surface area contributed by atoms with E-state index in [0.717, 1.165) is 25.9 Å². The highest BCUT2D eigenvalue weighted by atomic mass is 19.4. The molecule has 0 aromatic rings. The van der Waals surface area contributed by atoms with Crippen molar-refractivity contribution in [1.82, 2.24) is 10.2 Å². The minimum absolute atomic E-state index is 0.161. The van der Waals surface area contributed by atoms with Crippen molar-refractivity contribution in [1.29, 1.82) is 0 Å². The molecule has 0 radical (unpaired) electrons. The zero-order chi connectivity index (χ0) is 14.3. The first-order valence-electron chi connectivity index (χ1n) is 6.57. The van der Waals surface area contributed by atoms with Gasteiger partial charge < -0.3 is 15.3 Å². The lowest BCUT2D eigenvalue weighted by molar-refractivity contribution is -0.144. The van der Waals surface area contributed by atoms with E-state index in [4.69, 9.17) is 5.11 Å². The number of hydrogen-bond donors (Lipinski definition) is 2. The highest BCUT2D eigenvalue weighted by molar-refractivity contribution is 5.75. The van der Waals surface area contributed by atoms with Gasteiger partial charge in [-0.2, -0.15) is 13.2 Å². The van der Waals surface area contributed by atoms with Crippen molar-refractivity contribution >= 4 is 5.91 Å². The summed E-state index contributed by atoms with van der Waals surface area (Å²) in [5, 5.41) is 11.6. The number of aliphatic hydroxyl groups excluding tert-OH is 1. The van der Waals surface area contributed by atoms with E-state index in [1.807, 2.05) is 0 Å². The normalized spacial score (nSPS) is 21.4. The van der Waals surface area contributed by atoms with Crippen molar-refractivity contribution in [3.63, 3.8) is 0 Å². The Hall–Kier alpha value is -0.820. The van der Waals surface area contributed by atoms with E-state index < -0.39 is 24.9 Å². The van der Waals surface area contributed by atoms with Crippen molar-refractivity contribution in [3.8, 4) is 0 Å². The molecule has 0 bridgehead atoms. The first-order valence-corrected chi connectivity index (χ1v) is 6.57.